The molecule has 0 bridgehead atoms. The smallest absolute Gasteiger partial charge is 0.135 e. The largest absolute Gasteiger partial charge is 0.330 e. The molecule has 2 N–H and O–H groups in total. The zero-order valence-corrected chi connectivity index (χ0v) is 11.7. The van der Waals surface area contributed by atoms with Gasteiger partial charge in [0.1, 0.15) is 11.6 Å². The molecule has 0 unspecified atom stereocenters. The maximum Gasteiger partial charge on any atom is 0.135 e. The van der Waals surface area contributed by atoms with Gasteiger partial charge in [-0.3, -0.25) is 0 Å². The highest BCUT2D eigenvalue weighted by Crippen LogP contribution is 2.35. The molecule has 0 fully saturated rings. The number of hydrogen-bond acceptors (Lipinski definition) is 3. The van der Waals surface area contributed by atoms with Crippen LogP contribution in [0, 0.1) is 11.6 Å². The van der Waals surface area contributed by atoms with Gasteiger partial charge in [0.2, 0.25) is 0 Å². The molecule has 0 spiro atoms. The molecular weight excluding hydrogens is 266 g/mol. The highest BCUT2D eigenvalue weighted by Gasteiger charge is 2.18. The van der Waals surface area contributed by atoms with E-state index in [1.54, 1.807) is 11.3 Å². The van der Waals surface area contributed by atoms with Gasteiger partial charge in [0, 0.05) is 22.9 Å². The van der Waals surface area contributed by atoms with Crippen LogP contribution in [-0.4, -0.2) is 11.5 Å². The summed E-state index contributed by atoms with van der Waals surface area (Å²) >= 11 is 1.55. The average Bonchev–Trinajstić information content (AvgIpc) is 2.73. The van der Waals surface area contributed by atoms with Crippen LogP contribution in [0.2, 0.25) is 0 Å². The Balaban J connectivity index is 2.53. The van der Waals surface area contributed by atoms with Crippen LogP contribution in [0.25, 0.3) is 11.3 Å². The summed E-state index contributed by atoms with van der Waals surface area (Å²) in [5, 5.41) is 0.893. The molecule has 102 valence electrons. The van der Waals surface area contributed by atoms with Crippen molar-refractivity contribution < 1.29 is 8.78 Å². The Kier molecular flexibility index (Phi) is 4.27. The third-order valence-corrected chi connectivity index (χ3v) is 4.18. The second kappa shape index (κ2) is 5.75. The van der Waals surface area contributed by atoms with Crippen LogP contribution in [0.5, 0.6) is 0 Å². The van der Waals surface area contributed by atoms with E-state index >= 15 is 0 Å². The zero-order chi connectivity index (χ0) is 14.0. The van der Waals surface area contributed by atoms with Gasteiger partial charge >= 0.3 is 0 Å². The lowest BCUT2D eigenvalue weighted by atomic mass is 10.0. The third kappa shape index (κ3) is 2.98. The number of aromatic nitrogens is 1. The van der Waals surface area contributed by atoms with Gasteiger partial charge in [0.25, 0.3) is 0 Å². The second-order valence-corrected chi connectivity index (χ2v) is 5.75. The van der Waals surface area contributed by atoms with E-state index in [2.05, 4.69) is 4.98 Å². The summed E-state index contributed by atoms with van der Waals surface area (Å²) in [6, 6.07) is 3.59. The SMILES string of the molecule is CC(C)c1sc(CCN)nc1-c1ccc(F)cc1F. The molecule has 0 saturated heterocycles. The number of halogens is 2. The molecule has 0 saturated carbocycles. The average molecular weight is 282 g/mol. The molecule has 1 aromatic carbocycles. The predicted octanol–water partition coefficient (Wildman–Crippen LogP) is 3.71. The van der Waals surface area contributed by atoms with Gasteiger partial charge in [0.05, 0.1) is 10.7 Å². The van der Waals surface area contributed by atoms with Crippen molar-refractivity contribution in [2.75, 3.05) is 6.54 Å². The van der Waals surface area contributed by atoms with Crippen molar-refractivity contribution >= 4 is 11.3 Å². The maximum atomic E-state index is 13.9. The minimum absolute atomic E-state index is 0.239. The fraction of sp³-hybridized carbons (Fsp3) is 0.357. The van der Waals surface area contributed by atoms with Crippen LogP contribution < -0.4 is 5.73 Å². The standard InChI is InChI=1S/C14H16F2N2S/c1-8(2)14-13(18-12(19-14)5-6-17)10-4-3-9(15)7-11(10)16/h3-4,7-8H,5-6,17H2,1-2H3. The second-order valence-electron chi connectivity index (χ2n) is 4.64. The monoisotopic (exact) mass is 282 g/mol. The minimum atomic E-state index is -0.579. The van der Waals surface area contributed by atoms with Crippen LogP contribution in [-0.2, 0) is 6.42 Å². The Morgan fingerprint density at radius 2 is 2.05 bits per heavy atom. The molecule has 1 heterocycles. The molecule has 0 atom stereocenters. The number of rotatable bonds is 4. The Morgan fingerprint density at radius 3 is 2.63 bits per heavy atom. The molecule has 2 aromatic rings. The topological polar surface area (TPSA) is 38.9 Å². The van der Waals surface area contributed by atoms with E-state index in [1.165, 1.54) is 12.1 Å². The van der Waals surface area contributed by atoms with Gasteiger partial charge in [-0.15, -0.1) is 11.3 Å². The first-order chi connectivity index (χ1) is 9.02. The highest BCUT2D eigenvalue weighted by atomic mass is 32.1. The highest BCUT2D eigenvalue weighted by molar-refractivity contribution is 7.12. The lowest BCUT2D eigenvalue weighted by Gasteiger charge is -2.06. The fourth-order valence-electron chi connectivity index (χ4n) is 1.87. The van der Waals surface area contributed by atoms with Gasteiger partial charge in [0.15, 0.2) is 0 Å². The number of benzene rings is 1. The normalized spacial score (nSPS) is 11.3. The number of thiazole rings is 1. The van der Waals surface area contributed by atoms with E-state index in [1.807, 2.05) is 13.8 Å². The molecule has 2 nitrogen and oxygen atoms in total. The summed E-state index contributed by atoms with van der Waals surface area (Å²) < 4.78 is 26.8. The number of hydrogen-bond donors (Lipinski definition) is 1. The van der Waals surface area contributed by atoms with Crippen molar-refractivity contribution in [1.82, 2.24) is 4.98 Å². The summed E-state index contributed by atoms with van der Waals surface area (Å²) in [5.41, 5.74) is 6.49. The summed E-state index contributed by atoms with van der Waals surface area (Å²) in [6.07, 6.45) is 0.674. The summed E-state index contributed by atoms with van der Waals surface area (Å²) in [5.74, 6) is -0.917. The van der Waals surface area contributed by atoms with Crippen molar-refractivity contribution in [2.24, 2.45) is 5.73 Å². The molecule has 0 aliphatic carbocycles. The van der Waals surface area contributed by atoms with Crippen molar-refractivity contribution in [3.8, 4) is 11.3 Å². The first kappa shape index (κ1) is 14.1. The zero-order valence-electron chi connectivity index (χ0n) is 10.9. The van der Waals surface area contributed by atoms with Gasteiger partial charge in [-0.2, -0.15) is 0 Å². The molecule has 1 aromatic heterocycles. The molecule has 2 rings (SSSR count). The predicted molar refractivity (Wildman–Crippen MR) is 74.3 cm³/mol. The fourth-order valence-corrected chi connectivity index (χ4v) is 2.97. The maximum absolute atomic E-state index is 13.9. The first-order valence-corrected chi connectivity index (χ1v) is 6.99. The number of nitrogens with zero attached hydrogens (tertiary/aromatic N) is 1. The van der Waals surface area contributed by atoms with Crippen molar-refractivity contribution in [3.05, 3.63) is 39.7 Å². The summed E-state index contributed by atoms with van der Waals surface area (Å²) in [7, 11) is 0. The van der Waals surface area contributed by atoms with Gasteiger partial charge in [-0.25, -0.2) is 13.8 Å². The van der Waals surface area contributed by atoms with Gasteiger partial charge in [-0.05, 0) is 24.6 Å². The molecule has 19 heavy (non-hydrogen) atoms. The van der Waals surface area contributed by atoms with Gasteiger partial charge in [-0.1, -0.05) is 13.8 Å². The Bertz CT molecular complexity index is 579. The molecule has 0 aliphatic heterocycles. The van der Waals surface area contributed by atoms with E-state index < -0.39 is 11.6 Å². The van der Waals surface area contributed by atoms with E-state index in [-0.39, 0.29) is 5.92 Å². The number of nitrogens with two attached hydrogens (primary N) is 1. The van der Waals surface area contributed by atoms with E-state index in [0.29, 0.717) is 24.2 Å². The quantitative estimate of drug-likeness (QED) is 0.928. The van der Waals surface area contributed by atoms with Crippen LogP contribution in [0.4, 0.5) is 8.78 Å². The minimum Gasteiger partial charge on any atom is -0.330 e. The Morgan fingerprint density at radius 1 is 1.32 bits per heavy atom. The van der Waals surface area contributed by atoms with Crippen molar-refractivity contribution in [1.29, 1.82) is 0 Å². The molecule has 5 heteroatoms. The van der Waals surface area contributed by atoms with Crippen LogP contribution >= 0.6 is 11.3 Å². The van der Waals surface area contributed by atoms with E-state index in [0.717, 1.165) is 16.0 Å². The van der Waals surface area contributed by atoms with E-state index in [4.69, 9.17) is 5.73 Å². The van der Waals surface area contributed by atoms with Crippen LogP contribution in [0.1, 0.15) is 29.7 Å². The summed E-state index contributed by atoms with van der Waals surface area (Å²) in [6.45, 7) is 4.58. The molecule has 0 amide bonds. The van der Waals surface area contributed by atoms with Crippen LogP contribution in [0.3, 0.4) is 0 Å². The van der Waals surface area contributed by atoms with Crippen molar-refractivity contribution in [2.45, 2.75) is 26.2 Å². The Labute approximate surface area is 115 Å². The lowest BCUT2D eigenvalue weighted by molar-refractivity contribution is 0.585. The first-order valence-electron chi connectivity index (χ1n) is 6.18. The Hall–Kier alpha value is -1.33. The third-order valence-electron chi connectivity index (χ3n) is 2.77. The molecular formula is C14H16F2N2S. The molecule has 0 radical (unpaired) electrons. The van der Waals surface area contributed by atoms with Crippen LogP contribution in [0.15, 0.2) is 18.2 Å². The van der Waals surface area contributed by atoms with Crippen molar-refractivity contribution in [3.63, 3.8) is 0 Å². The van der Waals surface area contributed by atoms with E-state index in [9.17, 15) is 8.78 Å². The van der Waals surface area contributed by atoms with Gasteiger partial charge < -0.3 is 5.73 Å². The molecule has 0 aliphatic rings. The summed E-state index contributed by atoms with van der Waals surface area (Å²) in [4.78, 5) is 5.47. The lowest BCUT2D eigenvalue weighted by Crippen LogP contribution is -2.02.